The van der Waals surface area contributed by atoms with Gasteiger partial charge in [-0.3, -0.25) is 0 Å². The van der Waals surface area contributed by atoms with E-state index in [2.05, 4.69) is 11.1 Å². The minimum absolute atomic E-state index is 0.635. The maximum absolute atomic E-state index is 8.62. The predicted octanol–water partition coefficient (Wildman–Crippen LogP) is 1.19. The van der Waals surface area contributed by atoms with Crippen LogP contribution in [0.5, 0.6) is 0 Å². The molecule has 0 atom stereocenters. The molecule has 0 amide bonds. The molecule has 0 spiro atoms. The minimum atomic E-state index is 0.635. The summed E-state index contributed by atoms with van der Waals surface area (Å²) in [5.41, 5.74) is 0.693. The molecular formula is C9H7N3. The van der Waals surface area contributed by atoms with Gasteiger partial charge in [0, 0.05) is 12.4 Å². The fraction of sp³-hybridized carbons (Fsp3) is 0.111. The highest BCUT2D eigenvalue weighted by atomic mass is 15.2. The fourth-order valence-electron chi connectivity index (χ4n) is 1.15. The van der Waals surface area contributed by atoms with Crippen molar-refractivity contribution in [1.29, 1.82) is 5.26 Å². The van der Waals surface area contributed by atoms with Gasteiger partial charge in [-0.25, -0.2) is 4.99 Å². The molecule has 0 bridgehead atoms. The Labute approximate surface area is 70.6 Å². The summed E-state index contributed by atoms with van der Waals surface area (Å²) in [6.07, 6.45) is 9.32. The molecule has 3 nitrogen and oxygen atoms in total. The number of amidine groups is 1. The van der Waals surface area contributed by atoms with E-state index in [-0.39, 0.29) is 0 Å². The molecule has 0 aromatic heterocycles. The second-order valence-electron chi connectivity index (χ2n) is 2.58. The molecule has 2 aliphatic rings. The summed E-state index contributed by atoms with van der Waals surface area (Å²) in [4.78, 5) is 6.07. The summed E-state index contributed by atoms with van der Waals surface area (Å²) in [6.45, 7) is 0.635. The highest BCUT2D eigenvalue weighted by Crippen LogP contribution is 2.11. The molecular weight excluding hydrogens is 150 g/mol. The molecule has 12 heavy (non-hydrogen) atoms. The van der Waals surface area contributed by atoms with Gasteiger partial charge in [0.1, 0.15) is 5.84 Å². The largest absolute Gasteiger partial charge is 0.328 e. The lowest BCUT2D eigenvalue weighted by atomic mass is 10.2. The number of rotatable bonds is 0. The third-order valence-corrected chi connectivity index (χ3v) is 1.75. The van der Waals surface area contributed by atoms with Gasteiger partial charge in [-0.1, -0.05) is 6.08 Å². The third-order valence-electron chi connectivity index (χ3n) is 1.75. The van der Waals surface area contributed by atoms with Crippen LogP contribution in [-0.4, -0.2) is 17.3 Å². The zero-order chi connectivity index (χ0) is 8.39. The average Bonchev–Trinajstić information content (AvgIpc) is 2.17. The molecule has 0 aromatic rings. The zero-order valence-corrected chi connectivity index (χ0v) is 6.44. The van der Waals surface area contributed by atoms with Gasteiger partial charge in [-0.05, 0) is 12.2 Å². The standard InChI is InChI=1S/C9H7N3/c10-5-8-6-11-9-3-1-2-4-12(9)7-8/h1-4,6H,7H2. The molecule has 2 rings (SSSR count). The molecule has 0 radical (unpaired) electrons. The predicted molar refractivity (Wildman–Crippen MR) is 46.1 cm³/mol. The average molecular weight is 157 g/mol. The summed E-state index contributed by atoms with van der Waals surface area (Å²) in [5, 5.41) is 8.62. The molecule has 2 heterocycles. The maximum Gasteiger partial charge on any atom is 0.132 e. The number of allylic oxidation sites excluding steroid dienone is 2. The first-order valence-electron chi connectivity index (χ1n) is 3.68. The Kier molecular flexibility index (Phi) is 1.52. The van der Waals surface area contributed by atoms with Crippen LogP contribution in [0.4, 0.5) is 0 Å². The van der Waals surface area contributed by atoms with Crippen LogP contribution < -0.4 is 0 Å². The van der Waals surface area contributed by atoms with Gasteiger partial charge in [-0.2, -0.15) is 5.26 Å². The Bertz CT molecular complexity index is 352. The molecule has 0 N–H and O–H groups in total. The van der Waals surface area contributed by atoms with Crippen LogP contribution in [0, 0.1) is 11.3 Å². The summed E-state index contributed by atoms with van der Waals surface area (Å²) < 4.78 is 0. The number of fused-ring (bicyclic) bond motifs is 1. The van der Waals surface area contributed by atoms with Gasteiger partial charge < -0.3 is 4.90 Å². The van der Waals surface area contributed by atoms with Gasteiger partial charge in [-0.15, -0.1) is 0 Å². The minimum Gasteiger partial charge on any atom is -0.328 e. The van der Waals surface area contributed by atoms with Crippen LogP contribution in [0.1, 0.15) is 0 Å². The Morgan fingerprint density at radius 1 is 1.50 bits per heavy atom. The first-order chi connectivity index (χ1) is 5.90. The fourth-order valence-corrected chi connectivity index (χ4v) is 1.15. The van der Waals surface area contributed by atoms with E-state index in [0.717, 1.165) is 5.84 Å². The summed E-state index contributed by atoms with van der Waals surface area (Å²) in [6, 6.07) is 2.09. The van der Waals surface area contributed by atoms with Crippen LogP contribution in [-0.2, 0) is 0 Å². The van der Waals surface area contributed by atoms with Crippen LogP contribution in [0.3, 0.4) is 0 Å². The Morgan fingerprint density at radius 3 is 3.25 bits per heavy atom. The van der Waals surface area contributed by atoms with Gasteiger partial charge in [0.2, 0.25) is 0 Å². The van der Waals surface area contributed by atoms with Gasteiger partial charge in [0.25, 0.3) is 0 Å². The van der Waals surface area contributed by atoms with Crippen molar-refractivity contribution in [1.82, 2.24) is 4.90 Å². The van der Waals surface area contributed by atoms with Crippen molar-refractivity contribution >= 4 is 5.84 Å². The normalized spacial score (nSPS) is 19.4. The molecule has 0 aliphatic carbocycles. The van der Waals surface area contributed by atoms with Crippen molar-refractivity contribution in [2.75, 3.05) is 6.54 Å². The van der Waals surface area contributed by atoms with Crippen molar-refractivity contribution in [3.05, 3.63) is 36.2 Å². The molecule has 0 saturated heterocycles. The van der Waals surface area contributed by atoms with E-state index in [1.54, 1.807) is 6.20 Å². The van der Waals surface area contributed by atoms with E-state index >= 15 is 0 Å². The van der Waals surface area contributed by atoms with E-state index in [1.807, 2.05) is 29.3 Å². The van der Waals surface area contributed by atoms with Gasteiger partial charge in [0.15, 0.2) is 0 Å². The first-order valence-corrected chi connectivity index (χ1v) is 3.68. The number of nitrogens with zero attached hydrogens (tertiary/aromatic N) is 3. The maximum atomic E-state index is 8.62. The van der Waals surface area contributed by atoms with Gasteiger partial charge >= 0.3 is 0 Å². The number of hydrogen-bond acceptors (Lipinski definition) is 3. The van der Waals surface area contributed by atoms with E-state index < -0.39 is 0 Å². The molecule has 3 heteroatoms. The Balaban J connectivity index is 2.33. The van der Waals surface area contributed by atoms with E-state index in [4.69, 9.17) is 5.26 Å². The number of hydrogen-bond donors (Lipinski definition) is 0. The second-order valence-corrected chi connectivity index (χ2v) is 2.58. The number of aliphatic imine (C=N–C) groups is 1. The number of nitriles is 1. The van der Waals surface area contributed by atoms with Crippen LogP contribution in [0.2, 0.25) is 0 Å². The highest BCUT2D eigenvalue weighted by molar-refractivity contribution is 5.96. The Hall–Kier alpha value is -1.82. The monoisotopic (exact) mass is 157 g/mol. The van der Waals surface area contributed by atoms with E-state index in [1.165, 1.54) is 0 Å². The van der Waals surface area contributed by atoms with Crippen molar-refractivity contribution in [2.45, 2.75) is 0 Å². The lowest BCUT2D eigenvalue weighted by Crippen LogP contribution is -2.29. The van der Waals surface area contributed by atoms with E-state index in [9.17, 15) is 0 Å². The molecule has 58 valence electrons. The lowest BCUT2D eigenvalue weighted by Gasteiger charge is -2.23. The molecule has 0 fully saturated rings. The Morgan fingerprint density at radius 2 is 2.42 bits per heavy atom. The SMILES string of the molecule is N#CC1=CN=C2C=CC=CN2C1. The summed E-state index contributed by atoms with van der Waals surface area (Å²) >= 11 is 0. The molecule has 0 saturated carbocycles. The van der Waals surface area contributed by atoms with E-state index in [0.29, 0.717) is 12.1 Å². The summed E-state index contributed by atoms with van der Waals surface area (Å²) in [7, 11) is 0. The molecule has 0 unspecified atom stereocenters. The zero-order valence-electron chi connectivity index (χ0n) is 6.44. The van der Waals surface area contributed by atoms with Gasteiger partial charge in [0.05, 0.1) is 18.2 Å². The lowest BCUT2D eigenvalue weighted by molar-refractivity contribution is 0.602. The first kappa shape index (κ1) is 6.86. The van der Waals surface area contributed by atoms with Crippen molar-refractivity contribution in [2.24, 2.45) is 4.99 Å². The van der Waals surface area contributed by atoms with Crippen LogP contribution in [0.25, 0.3) is 0 Å². The highest BCUT2D eigenvalue weighted by Gasteiger charge is 2.13. The van der Waals surface area contributed by atoms with Crippen LogP contribution in [0.15, 0.2) is 41.2 Å². The topological polar surface area (TPSA) is 39.4 Å². The molecule has 2 aliphatic heterocycles. The van der Waals surface area contributed by atoms with Crippen molar-refractivity contribution in [3.8, 4) is 6.07 Å². The summed E-state index contributed by atoms with van der Waals surface area (Å²) in [5.74, 6) is 0.900. The second kappa shape index (κ2) is 2.67. The van der Waals surface area contributed by atoms with Crippen molar-refractivity contribution < 1.29 is 0 Å². The quantitative estimate of drug-likeness (QED) is 0.530. The smallest absolute Gasteiger partial charge is 0.132 e. The third kappa shape index (κ3) is 1.04. The molecule has 0 aromatic carbocycles. The van der Waals surface area contributed by atoms with Crippen molar-refractivity contribution in [3.63, 3.8) is 0 Å². The van der Waals surface area contributed by atoms with Crippen LogP contribution >= 0.6 is 0 Å².